The topological polar surface area (TPSA) is 39.3 Å². The van der Waals surface area contributed by atoms with E-state index in [0.29, 0.717) is 17.8 Å². The predicted octanol–water partition coefficient (Wildman–Crippen LogP) is 4.32. The molecule has 116 valence electrons. The number of phenolic OH excluding ortho intramolecular Hbond substituents is 1. The van der Waals surface area contributed by atoms with Gasteiger partial charge in [0.2, 0.25) is 0 Å². The van der Waals surface area contributed by atoms with Crippen molar-refractivity contribution in [1.29, 1.82) is 0 Å². The number of H-pyrrole nitrogens is 1. The summed E-state index contributed by atoms with van der Waals surface area (Å²) in [6, 6.07) is 6.85. The van der Waals surface area contributed by atoms with Gasteiger partial charge in [-0.25, -0.2) is 0 Å². The van der Waals surface area contributed by atoms with Crippen LogP contribution in [-0.4, -0.2) is 33.6 Å². The highest BCUT2D eigenvalue weighted by molar-refractivity contribution is 5.88. The molecule has 0 fully saturated rings. The molecule has 0 aliphatic carbocycles. The van der Waals surface area contributed by atoms with Gasteiger partial charge in [-0.3, -0.25) is 4.90 Å². The molecule has 1 aromatic carbocycles. The van der Waals surface area contributed by atoms with Gasteiger partial charge in [0.05, 0.1) is 0 Å². The Morgan fingerprint density at radius 2 is 1.81 bits per heavy atom. The number of rotatable bonds is 7. The zero-order chi connectivity index (χ0) is 15.4. The smallest absolute Gasteiger partial charge is 0.125 e. The molecule has 3 nitrogen and oxygen atoms in total. The molecular weight excluding hydrogens is 260 g/mol. The van der Waals surface area contributed by atoms with Crippen molar-refractivity contribution in [3.8, 4) is 5.75 Å². The van der Waals surface area contributed by atoms with Crippen molar-refractivity contribution in [1.82, 2.24) is 9.88 Å². The van der Waals surface area contributed by atoms with Crippen LogP contribution in [0.2, 0.25) is 0 Å². The first kappa shape index (κ1) is 15.9. The Bertz CT molecular complexity index is 566. The van der Waals surface area contributed by atoms with Crippen LogP contribution in [0.15, 0.2) is 24.4 Å². The van der Waals surface area contributed by atoms with Gasteiger partial charge in [-0.1, -0.05) is 19.9 Å². The summed E-state index contributed by atoms with van der Waals surface area (Å²) in [6.07, 6.45) is 5.34. The van der Waals surface area contributed by atoms with Gasteiger partial charge in [0.1, 0.15) is 5.75 Å². The van der Waals surface area contributed by atoms with E-state index in [2.05, 4.69) is 37.6 Å². The second-order valence-electron chi connectivity index (χ2n) is 6.02. The molecule has 2 rings (SSSR count). The van der Waals surface area contributed by atoms with E-state index in [9.17, 15) is 5.11 Å². The molecule has 1 heterocycles. The maximum atomic E-state index is 10.1. The van der Waals surface area contributed by atoms with Gasteiger partial charge in [-0.05, 0) is 50.8 Å². The zero-order valence-electron chi connectivity index (χ0n) is 13.7. The number of hydrogen-bond donors (Lipinski definition) is 2. The van der Waals surface area contributed by atoms with Crippen LogP contribution in [0.4, 0.5) is 0 Å². The van der Waals surface area contributed by atoms with Gasteiger partial charge in [-0.2, -0.15) is 0 Å². The van der Waals surface area contributed by atoms with Crippen molar-refractivity contribution in [2.24, 2.45) is 0 Å². The van der Waals surface area contributed by atoms with Crippen molar-refractivity contribution < 1.29 is 5.11 Å². The van der Waals surface area contributed by atoms with Crippen LogP contribution < -0.4 is 0 Å². The van der Waals surface area contributed by atoms with Crippen molar-refractivity contribution in [2.45, 2.75) is 59.0 Å². The SMILES string of the molecule is CCC(C)N(CCc1c[nH]c2cccc(O)c12)C(C)CC. The van der Waals surface area contributed by atoms with E-state index < -0.39 is 0 Å². The van der Waals surface area contributed by atoms with E-state index in [1.54, 1.807) is 6.07 Å². The lowest BCUT2D eigenvalue weighted by Gasteiger charge is -2.33. The van der Waals surface area contributed by atoms with Gasteiger partial charge in [0, 0.05) is 35.7 Å². The summed E-state index contributed by atoms with van der Waals surface area (Å²) in [5.41, 5.74) is 2.23. The highest BCUT2D eigenvalue weighted by Crippen LogP contribution is 2.28. The number of nitrogens with zero attached hydrogens (tertiary/aromatic N) is 1. The van der Waals surface area contributed by atoms with Gasteiger partial charge >= 0.3 is 0 Å². The highest BCUT2D eigenvalue weighted by atomic mass is 16.3. The molecule has 2 aromatic rings. The summed E-state index contributed by atoms with van der Waals surface area (Å²) in [4.78, 5) is 5.84. The molecule has 2 N–H and O–H groups in total. The second-order valence-corrected chi connectivity index (χ2v) is 6.02. The normalized spacial score (nSPS) is 14.7. The van der Waals surface area contributed by atoms with Crippen molar-refractivity contribution in [3.63, 3.8) is 0 Å². The van der Waals surface area contributed by atoms with Crippen LogP contribution in [0.25, 0.3) is 10.9 Å². The quantitative estimate of drug-likeness (QED) is 0.796. The first-order valence-corrected chi connectivity index (χ1v) is 8.12. The molecule has 0 radical (unpaired) electrons. The molecule has 0 saturated carbocycles. The second kappa shape index (κ2) is 6.99. The van der Waals surface area contributed by atoms with Crippen LogP contribution in [0, 0.1) is 0 Å². The Hall–Kier alpha value is -1.48. The average Bonchev–Trinajstić information content (AvgIpc) is 2.91. The van der Waals surface area contributed by atoms with E-state index >= 15 is 0 Å². The maximum Gasteiger partial charge on any atom is 0.125 e. The largest absolute Gasteiger partial charge is 0.507 e. The highest BCUT2D eigenvalue weighted by Gasteiger charge is 2.18. The van der Waals surface area contributed by atoms with E-state index in [4.69, 9.17) is 0 Å². The Morgan fingerprint density at radius 3 is 2.43 bits per heavy atom. The average molecular weight is 288 g/mol. The van der Waals surface area contributed by atoms with E-state index in [0.717, 1.165) is 23.9 Å². The Kier molecular flexibility index (Phi) is 5.29. The van der Waals surface area contributed by atoms with Gasteiger partial charge in [0.15, 0.2) is 0 Å². The molecule has 1 aromatic heterocycles. The maximum absolute atomic E-state index is 10.1. The van der Waals surface area contributed by atoms with Crippen LogP contribution in [-0.2, 0) is 6.42 Å². The number of fused-ring (bicyclic) bond motifs is 1. The molecule has 0 bridgehead atoms. The molecule has 21 heavy (non-hydrogen) atoms. The monoisotopic (exact) mass is 288 g/mol. The molecule has 2 atom stereocenters. The lowest BCUT2D eigenvalue weighted by molar-refractivity contribution is 0.148. The van der Waals surface area contributed by atoms with E-state index in [-0.39, 0.29) is 0 Å². The predicted molar refractivity (Wildman–Crippen MR) is 89.9 cm³/mol. The molecule has 2 unspecified atom stereocenters. The number of phenols is 1. The standard InChI is InChI=1S/C18H28N2O/c1-5-13(3)20(14(4)6-2)11-10-15-12-19-16-8-7-9-17(21)18(15)16/h7-9,12-14,19,21H,5-6,10-11H2,1-4H3. The lowest BCUT2D eigenvalue weighted by Crippen LogP contribution is -2.41. The van der Waals surface area contributed by atoms with Crippen molar-refractivity contribution in [3.05, 3.63) is 30.0 Å². The minimum absolute atomic E-state index is 0.377. The third-order valence-corrected chi connectivity index (χ3v) is 4.72. The van der Waals surface area contributed by atoms with Gasteiger partial charge in [0.25, 0.3) is 0 Å². The Morgan fingerprint density at radius 1 is 1.14 bits per heavy atom. The lowest BCUT2D eigenvalue weighted by atomic mass is 10.1. The van der Waals surface area contributed by atoms with Crippen LogP contribution in [0.3, 0.4) is 0 Å². The Balaban J connectivity index is 2.16. The summed E-state index contributed by atoms with van der Waals surface area (Å²) in [6.45, 7) is 10.1. The molecule has 0 aliphatic heterocycles. The number of benzene rings is 1. The number of aromatic nitrogens is 1. The summed E-state index contributed by atoms with van der Waals surface area (Å²) in [5, 5.41) is 11.1. The summed E-state index contributed by atoms with van der Waals surface area (Å²) in [7, 11) is 0. The number of aromatic amines is 1. The first-order valence-electron chi connectivity index (χ1n) is 8.12. The summed E-state index contributed by atoms with van der Waals surface area (Å²) >= 11 is 0. The van der Waals surface area contributed by atoms with Gasteiger partial charge in [-0.15, -0.1) is 0 Å². The first-order chi connectivity index (χ1) is 10.1. The molecule has 0 spiro atoms. The minimum atomic E-state index is 0.377. The minimum Gasteiger partial charge on any atom is -0.507 e. The fourth-order valence-corrected chi connectivity index (χ4v) is 3.03. The third kappa shape index (κ3) is 3.41. The van der Waals surface area contributed by atoms with E-state index in [1.807, 2.05) is 18.3 Å². The molecule has 3 heteroatoms. The molecular formula is C18H28N2O. The number of aromatic hydroxyl groups is 1. The van der Waals surface area contributed by atoms with Crippen LogP contribution in [0.1, 0.15) is 46.1 Å². The molecule has 0 aliphatic rings. The summed E-state index contributed by atoms with van der Waals surface area (Å²) < 4.78 is 0. The number of hydrogen-bond acceptors (Lipinski definition) is 2. The van der Waals surface area contributed by atoms with E-state index in [1.165, 1.54) is 18.4 Å². The fraction of sp³-hybridized carbons (Fsp3) is 0.556. The molecule has 0 amide bonds. The van der Waals surface area contributed by atoms with Crippen LogP contribution >= 0.6 is 0 Å². The van der Waals surface area contributed by atoms with Gasteiger partial charge < -0.3 is 10.1 Å². The zero-order valence-corrected chi connectivity index (χ0v) is 13.7. The fourth-order valence-electron chi connectivity index (χ4n) is 3.03. The summed E-state index contributed by atoms with van der Waals surface area (Å²) in [5.74, 6) is 0.377. The van der Waals surface area contributed by atoms with Crippen molar-refractivity contribution in [2.75, 3.05) is 6.54 Å². The Labute approximate surface area is 128 Å². The number of nitrogens with one attached hydrogen (secondary N) is 1. The van der Waals surface area contributed by atoms with Crippen molar-refractivity contribution >= 4 is 10.9 Å². The molecule has 0 saturated heterocycles. The van der Waals surface area contributed by atoms with Crippen LogP contribution in [0.5, 0.6) is 5.75 Å². The third-order valence-electron chi connectivity index (χ3n) is 4.72.